The first kappa shape index (κ1) is 11.1. The highest BCUT2D eigenvalue weighted by molar-refractivity contribution is 5.96. The summed E-state index contributed by atoms with van der Waals surface area (Å²) in [7, 11) is 0. The maximum atomic E-state index is 11.7. The molecule has 4 nitrogen and oxygen atoms in total. The number of carbonyl (C=O) groups excluding carboxylic acids is 1. The molecule has 1 amide bonds. The van der Waals surface area contributed by atoms with Gasteiger partial charge in [0, 0.05) is 11.1 Å². The number of hydrazone groups is 1. The Hall–Kier alpha value is -2.36. The molecule has 0 spiro atoms. The normalized spacial score (nSPS) is 10.6. The van der Waals surface area contributed by atoms with E-state index in [0.717, 1.165) is 11.1 Å². The lowest BCUT2D eigenvalue weighted by molar-refractivity contribution is 0.0954. The fourth-order valence-electron chi connectivity index (χ4n) is 1.40. The van der Waals surface area contributed by atoms with Crippen molar-refractivity contribution < 1.29 is 9.21 Å². The predicted octanol–water partition coefficient (Wildman–Crippen LogP) is 2.35. The highest BCUT2D eigenvalue weighted by Gasteiger charge is 2.05. The van der Waals surface area contributed by atoms with Crippen LogP contribution in [0, 0.1) is 6.92 Å². The van der Waals surface area contributed by atoms with Gasteiger partial charge in [0.25, 0.3) is 5.91 Å². The zero-order valence-electron chi connectivity index (χ0n) is 9.38. The van der Waals surface area contributed by atoms with Gasteiger partial charge >= 0.3 is 0 Å². The molecular weight excluding hydrogens is 216 g/mol. The topological polar surface area (TPSA) is 54.6 Å². The average Bonchev–Trinajstić information content (AvgIpc) is 2.82. The number of hydrogen-bond acceptors (Lipinski definition) is 3. The van der Waals surface area contributed by atoms with Gasteiger partial charge in [-0.1, -0.05) is 18.2 Å². The first-order chi connectivity index (χ1) is 8.27. The second-order valence-corrected chi connectivity index (χ2v) is 3.57. The van der Waals surface area contributed by atoms with Gasteiger partial charge in [-0.2, -0.15) is 5.10 Å². The smallest absolute Gasteiger partial charge is 0.271 e. The van der Waals surface area contributed by atoms with Crippen LogP contribution in [0.15, 0.2) is 52.4 Å². The Morgan fingerprint density at radius 3 is 2.88 bits per heavy atom. The third-order valence-corrected chi connectivity index (χ3v) is 2.31. The van der Waals surface area contributed by atoms with E-state index in [2.05, 4.69) is 10.5 Å². The summed E-state index contributed by atoms with van der Waals surface area (Å²) in [5.41, 5.74) is 4.81. The van der Waals surface area contributed by atoms with Gasteiger partial charge in [-0.3, -0.25) is 4.79 Å². The first-order valence-electron chi connectivity index (χ1n) is 5.18. The molecule has 0 unspecified atom stereocenters. The van der Waals surface area contributed by atoms with Gasteiger partial charge in [-0.15, -0.1) is 0 Å². The summed E-state index contributed by atoms with van der Waals surface area (Å²) in [5.74, 6) is -0.220. The maximum Gasteiger partial charge on any atom is 0.271 e. The Morgan fingerprint density at radius 1 is 1.35 bits per heavy atom. The Kier molecular flexibility index (Phi) is 3.35. The summed E-state index contributed by atoms with van der Waals surface area (Å²) in [6.45, 7) is 1.88. The molecule has 0 saturated carbocycles. The molecule has 1 aromatic heterocycles. The fourth-order valence-corrected chi connectivity index (χ4v) is 1.40. The second-order valence-electron chi connectivity index (χ2n) is 3.57. The van der Waals surface area contributed by atoms with Crippen molar-refractivity contribution in [3.05, 3.63) is 59.5 Å². The Labute approximate surface area is 99.0 Å². The molecule has 0 aliphatic heterocycles. The van der Waals surface area contributed by atoms with E-state index >= 15 is 0 Å². The van der Waals surface area contributed by atoms with Crippen LogP contribution in [0.5, 0.6) is 0 Å². The molecule has 0 radical (unpaired) electrons. The molecule has 86 valence electrons. The van der Waals surface area contributed by atoms with Gasteiger partial charge in [-0.25, -0.2) is 5.43 Å². The first-order valence-corrected chi connectivity index (χ1v) is 5.18. The van der Waals surface area contributed by atoms with E-state index in [1.807, 2.05) is 25.1 Å². The van der Waals surface area contributed by atoms with Crippen LogP contribution >= 0.6 is 0 Å². The van der Waals surface area contributed by atoms with Crippen molar-refractivity contribution in [1.29, 1.82) is 0 Å². The minimum atomic E-state index is -0.220. The van der Waals surface area contributed by atoms with Crippen molar-refractivity contribution in [2.75, 3.05) is 0 Å². The van der Waals surface area contributed by atoms with Crippen LogP contribution in [-0.4, -0.2) is 12.1 Å². The molecule has 2 aromatic rings. The van der Waals surface area contributed by atoms with Crippen LogP contribution in [0.1, 0.15) is 21.5 Å². The Balaban J connectivity index is 2.01. The van der Waals surface area contributed by atoms with Crippen LogP contribution in [0.3, 0.4) is 0 Å². The standard InChI is InChI=1S/C13H12N2O2/c1-10-4-2-3-5-12(10)13(16)15-14-8-11-6-7-17-9-11/h2-9H,1H3,(H,15,16)/b14-8-. The van der Waals surface area contributed by atoms with E-state index in [9.17, 15) is 4.79 Å². The van der Waals surface area contributed by atoms with E-state index in [0.29, 0.717) is 5.56 Å². The minimum absolute atomic E-state index is 0.220. The Bertz CT molecular complexity index is 530. The van der Waals surface area contributed by atoms with Gasteiger partial charge in [0.05, 0.1) is 18.7 Å². The zero-order valence-corrected chi connectivity index (χ0v) is 9.38. The number of nitrogens with zero attached hydrogens (tertiary/aromatic N) is 1. The van der Waals surface area contributed by atoms with Crippen LogP contribution in [0.2, 0.25) is 0 Å². The lowest BCUT2D eigenvalue weighted by atomic mass is 10.1. The van der Waals surface area contributed by atoms with Crippen LogP contribution in [-0.2, 0) is 0 Å². The van der Waals surface area contributed by atoms with Crippen LogP contribution in [0.25, 0.3) is 0 Å². The van der Waals surface area contributed by atoms with Gasteiger partial charge in [0.2, 0.25) is 0 Å². The number of nitrogens with one attached hydrogen (secondary N) is 1. The summed E-state index contributed by atoms with van der Waals surface area (Å²) in [5, 5.41) is 3.85. The van der Waals surface area contributed by atoms with Crippen LogP contribution in [0.4, 0.5) is 0 Å². The third kappa shape index (κ3) is 2.81. The number of hydrogen-bond donors (Lipinski definition) is 1. The van der Waals surface area contributed by atoms with Crippen molar-refractivity contribution in [2.45, 2.75) is 6.92 Å². The fraction of sp³-hybridized carbons (Fsp3) is 0.0769. The summed E-state index contributed by atoms with van der Waals surface area (Å²) >= 11 is 0. The molecule has 0 bridgehead atoms. The highest BCUT2D eigenvalue weighted by Crippen LogP contribution is 2.06. The number of furan rings is 1. The highest BCUT2D eigenvalue weighted by atomic mass is 16.3. The minimum Gasteiger partial charge on any atom is -0.472 e. The monoisotopic (exact) mass is 228 g/mol. The summed E-state index contributed by atoms with van der Waals surface area (Å²) < 4.78 is 4.87. The molecule has 0 aliphatic carbocycles. The number of rotatable bonds is 3. The van der Waals surface area contributed by atoms with Gasteiger partial charge in [0.1, 0.15) is 0 Å². The molecule has 1 heterocycles. The van der Waals surface area contributed by atoms with Gasteiger partial charge in [0.15, 0.2) is 0 Å². The van der Waals surface area contributed by atoms with E-state index in [4.69, 9.17) is 4.42 Å². The summed E-state index contributed by atoms with van der Waals surface area (Å²) in [4.78, 5) is 11.7. The van der Waals surface area contributed by atoms with Gasteiger partial charge in [-0.05, 0) is 24.6 Å². The van der Waals surface area contributed by atoms with E-state index in [1.54, 1.807) is 24.7 Å². The van der Waals surface area contributed by atoms with Gasteiger partial charge < -0.3 is 4.42 Å². The molecule has 0 aliphatic rings. The van der Waals surface area contributed by atoms with E-state index in [1.165, 1.54) is 6.21 Å². The quantitative estimate of drug-likeness (QED) is 0.647. The summed E-state index contributed by atoms with van der Waals surface area (Å²) in [6.07, 6.45) is 4.62. The van der Waals surface area contributed by atoms with Crippen molar-refractivity contribution >= 4 is 12.1 Å². The summed E-state index contributed by atoms with van der Waals surface area (Å²) in [6, 6.07) is 9.11. The molecule has 0 atom stereocenters. The molecule has 0 fully saturated rings. The van der Waals surface area contributed by atoms with Crippen LogP contribution < -0.4 is 5.43 Å². The third-order valence-electron chi connectivity index (χ3n) is 2.31. The zero-order chi connectivity index (χ0) is 12.1. The number of amides is 1. The van der Waals surface area contributed by atoms with Crippen molar-refractivity contribution in [1.82, 2.24) is 5.43 Å². The molecule has 1 N–H and O–H groups in total. The largest absolute Gasteiger partial charge is 0.472 e. The van der Waals surface area contributed by atoms with Crippen molar-refractivity contribution in [3.8, 4) is 0 Å². The molecule has 2 rings (SSSR count). The maximum absolute atomic E-state index is 11.7. The van der Waals surface area contributed by atoms with E-state index in [-0.39, 0.29) is 5.91 Å². The van der Waals surface area contributed by atoms with Crippen molar-refractivity contribution in [2.24, 2.45) is 5.10 Å². The number of carbonyl (C=O) groups is 1. The second kappa shape index (κ2) is 5.12. The molecule has 4 heteroatoms. The predicted molar refractivity (Wildman–Crippen MR) is 64.9 cm³/mol. The average molecular weight is 228 g/mol. The van der Waals surface area contributed by atoms with Crippen molar-refractivity contribution in [3.63, 3.8) is 0 Å². The lowest BCUT2D eigenvalue weighted by Crippen LogP contribution is -2.18. The molecule has 1 aromatic carbocycles. The number of benzene rings is 1. The molecule has 0 saturated heterocycles. The van der Waals surface area contributed by atoms with E-state index < -0.39 is 0 Å². The number of aryl methyl sites for hydroxylation is 1. The molecular formula is C13H12N2O2. The lowest BCUT2D eigenvalue weighted by Gasteiger charge is -2.02. The molecule has 17 heavy (non-hydrogen) atoms. The SMILES string of the molecule is Cc1ccccc1C(=O)N/N=C\c1ccoc1. The Morgan fingerprint density at radius 2 is 2.18 bits per heavy atom.